The molecular weight excluding hydrogens is 310 g/mol. The van der Waals surface area contributed by atoms with Gasteiger partial charge in [0.25, 0.3) is 0 Å². The van der Waals surface area contributed by atoms with Crippen molar-refractivity contribution in [2.75, 3.05) is 12.0 Å². The average molecular weight is 335 g/mol. The minimum absolute atomic E-state index is 0.199. The topological polar surface area (TPSA) is 29.5 Å². The number of fused-ring (bicyclic) bond motifs is 2. The van der Waals surface area contributed by atoms with E-state index in [-0.39, 0.29) is 5.92 Å². The molecule has 2 aliphatic carbocycles. The number of hydrogen-bond acceptors (Lipinski definition) is 2. The maximum absolute atomic E-state index is 13.4. The van der Waals surface area contributed by atoms with Gasteiger partial charge in [0, 0.05) is 11.6 Å². The third-order valence-corrected chi connectivity index (χ3v) is 5.89. The van der Waals surface area contributed by atoms with E-state index in [1.165, 1.54) is 19.3 Å². The van der Waals surface area contributed by atoms with E-state index in [4.69, 9.17) is 4.74 Å². The Labute approximate surface area is 149 Å². The molecule has 0 radical (unpaired) electrons. The van der Waals surface area contributed by atoms with Crippen molar-refractivity contribution in [1.29, 1.82) is 0 Å². The maximum Gasteiger partial charge on any atom is 0.230 e. The van der Waals surface area contributed by atoms with Gasteiger partial charge in [0.1, 0.15) is 5.75 Å². The summed E-state index contributed by atoms with van der Waals surface area (Å²) in [5, 5.41) is 0. The van der Waals surface area contributed by atoms with Gasteiger partial charge in [-0.2, -0.15) is 0 Å². The van der Waals surface area contributed by atoms with Crippen molar-refractivity contribution in [3.63, 3.8) is 0 Å². The van der Waals surface area contributed by atoms with Gasteiger partial charge in [0.2, 0.25) is 5.91 Å². The van der Waals surface area contributed by atoms with Crippen molar-refractivity contribution in [3.8, 4) is 5.75 Å². The number of carbonyl (C=O) groups is 1. The summed E-state index contributed by atoms with van der Waals surface area (Å²) in [5.74, 6) is 2.67. The average Bonchev–Trinajstić information content (AvgIpc) is 3.30. The SMILES string of the molecule is COc1ccc(N(Cc2ccccc2)C(=O)C2CC3CCC2C3)cc1. The lowest BCUT2D eigenvalue weighted by molar-refractivity contribution is -0.124. The van der Waals surface area contributed by atoms with Crippen molar-refractivity contribution < 1.29 is 9.53 Å². The minimum Gasteiger partial charge on any atom is -0.497 e. The molecule has 3 atom stereocenters. The lowest BCUT2D eigenvalue weighted by atomic mass is 9.87. The Morgan fingerprint density at radius 3 is 2.40 bits per heavy atom. The normalized spacial score (nSPS) is 24.3. The van der Waals surface area contributed by atoms with Crippen molar-refractivity contribution in [2.45, 2.75) is 32.2 Å². The van der Waals surface area contributed by atoms with Gasteiger partial charge in [-0.3, -0.25) is 4.79 Å². The van der Waals surface area contributed by atoms with Crippen LogP contribution in [0, 0.1) is 17.8 Å². The van der Waals surface area contributed by atoms with E-state index < -0.39 is 0 Å². The van der Waals surface area contributed by atoms with Crippen molar-refractivity contribution in [3.05, 3.63) is 60.2 Å². The molecule has 0 heterocycles. The molecule has 3 heteroatoms. The van der Waals surface area contributed by atoms with Crippen LogP contribution in [0.4, 0.5) is 5.69 Å². The quantitative estimate of drug-likeness (QED) is 0.795. The van der Waals surface area contributed by atoms with Crippen LogP contribution < -0.4 is 9.64 Å². The monoisotopic (exact) mass is 335 g/mol. The Morgan fingerprint density at radius 1 is 1.04 bits per heavy atom. The van der Waals surface area contributed by atoms with Crippen molar-refractivity contribution >= 4 is 11.6 Å². The molecule has 3 nitrogen and oxygen atoms in total. The molecule has 2 saturated carbocycles. The third kappa shape index (κ3) is 3.28. The summed E-state index contributed by atoms with van der Waals surface area (Å²) >= 11 is 0. The van der Waals surface area contributed by atoms with Gasteiger partial charge >= 0.3 is 0 Å². The molecule has 3 unspecified atom stereocenters. The predicted octanol–water partition coefficient (Wildman–Crippen LogP) is 4.66. The fourth-order valence-corrected chi connectivity index (χ4v) is 4.57. The Morgan fingerprint density at radius 2 is 1.80 bits per heavy atom. The Balaban J connectivity index is 1.61. The van der Waals surface area contributed by atoms with Crippen LogP contribution in [0.25, 0.3) is 0 Å². The summed E-state index contributed by atoms with van der Waals surface area (Å²) in [6.45, 7) is 0.625. The summed E-state index contributed by atoms with van der Waals surface area (Å²) in [6, 6.07) is 18.1. The van der Waals surface area contributed by atoms with Crippen molar-refractivity contribution in [1.82, 2.24) is 0 Å². The molecule has 2 bridgehead atoms. The standard InChI is InChI=1S/C22H25NO2/c1-25-20-11-9-19(10-12-20)23(15-16-5-3-2-4-6-16)22(24)21-14-17-7-8-18(21)13-17/h2-6,9-12,17-18,21H,7-8,13-15H2,1H3. The molecule has 4 rings (SSSR count). The van der Waals surface area contributed by atoms with Gasteiger partial charge in [-0.05, 0) is 60.9 Å². The van der Waals surface area contributed by atoms with Gasteiger partial charge in [-0.1, -0.05) is 36.8 Å². The number of amides is 1. The first kappa shape index (κ1) is 16.2. The van der Waals surface area contributed by atoms with Crippen LogP contribution in [0.3, 0.4) is 0 Å². The molecule has 0 N–H and O–H groups in total. The van der Waals surface area contributed by atoms with Crippen LogP contribution in [0.15, 0.2) is 54.6 Å². The van der Waals surface area contributed by atoms with E-state index in [1.54, 1.807) is 7.11 Å². The van der Waals surface area contributed by atoms with Crippen LogP contribution in [0.5, 0.6) is 5.75 Å². The number of ether oxygens (including phenoxy) is 1. The number of nitrogens with zero attached hydrogens (tertiary/aromatic N) is 1. The number of benzene rings is 2. The molecule has 2 aromatic rings. The van der Waals surface area contributed by atoms with Gasteiger partial charge in [-0.15, -0.1) is 0 Å². The molecule has 2 fully saturated rings. The molecule has 0 aliphatic heterocycles. The highest BCUT2D eigenvalue weighted by Crippen LogP contribution is 2.49. The number of hydrogen-bond donors (Lipinski definition) is 0. The number of carbonyl (C=O) groups excluding carboxylic acids is 1. The molecule has 2 aliphatic rings. The number of anilines is 1. The van der Waals surface area contributed by atoms with Crippen LogP contribution in [0.2, 0.25) is 0 Å². The van der Waals surface area contributed by atoms with Gasteiger partial charge < -0.3 is 9.64 Å². The molecule has 130 valence electrons. The zero-order chi connectivity index (χ0) is 17.2. The van der Waals surface area contributed by atoms with E-state index in [0.29, 0.717) is 18.4 Å². The van der Waals surface area contributed by atoms with E-state index in [9.17, 15) is 4.79 Å². The Hall–Kier alpha value is -2.29. The highest BCUT2D eigenvalue weighted by atomic mass is 16.5. The summed E-state index contributed by atoms with van der Waals surface area (Å²) in [6.07, 6.45) is 4.86. The van der Waals surface area contributed by atoms with E-state index in [0.717, 1.165) is 29.3 Å². The number of methoxy groups -OCH3 is 1. The second-order valence-electron chi connectivity index (χ2n) is 7.39. The summed E-state index contributed by atoms with van der Waals surface area (Å²) < 4.78 is 5.26. The van der Waals surface area contributed by atoms with Gasteiger partial charge in [0.05, 0.1) is 13.7 Å². The molecule has 0 spiro atoms. The molecule has 1 amide bonds. The third-order valence-electron chi connectivity index (χ3n) is 5.89. The first-order valence-electron chi connectivity index (χ1n) is 9.24. The first-order chi connectivity index (χ1) is 12.2. The highest BCUT2D eigenvalue weighted by molar-refractivity contribution is 5.95. The van der Waals surface area contributed by atoms with E-state index in [1.807, 2.05) is 47.4 Å². The Kier molecular flexibility index (Phi) is 4.48. The number of rotatable bonds is 5. The minimum atomic E-state index is 0.199. The fraction of sp³-hybridized carbons (Fsp3) is 0.409. The zero-order valence-corrected chi connectivity index (χ0v) is 14.7. The van der Waals surface area contributed by atoms with Crippen LogP contribution in [0.1, 0.15) is 31.2 Å². The molecular formula is C22H25NO2. The first-order valence-corrected chi connectivity index (χ1v) is 9.24. The fourth-order valence-electron chi connectivity index (χ4n) is 4.57. The zero-order valence-electron chi connectivity index (χ0n) is 14.7. The largest absolute Gasteiger partial charge is 0.497 e. The van der Waals surface area contributed by atoms with Gasteiger partial charge in [0.15, 0.2) is 0 Å². The van der Waals surface area contributed by atoms with E-state index >= 15 is 0 Å². The highest BCUT2D eigenvalue weighted by Gasteiger charge is 2.44. The summed E-state index contributed by atoms with van der Waals surface area (Å²) in [5.41, 5.74) is 2.12. The summed E-state index contributed by atoms with van der Waals surface area (Å²) in [4.78, 5) is 15.4. The molecule has 0 saturated heterocycles. The Bertz CT molecular complexity index is 725. The smallest absolute Gasteiger partial charge is 0.230 e. The second kappa shape index (κ2) is 6.91. The van der Waals surface area contributed by atoms with Crippen LogP contribution in [-0.2, 0) is 11.3 Å². The summed E-state index contributed by atoms with van der Waals surface area (Å²) in [7, 11) is 1.66. The predicted molar refractivity (Wildman–Crippen MR) is 99.6 cm³/mol. The lowest BCUT2D eigenvalue weighted by Gasteiger charge is -2.30. The van der Waals surface area contributed by atoms with E-state index in [2.05, 4.69) is 12.1 Å². The second-order valence-corrected chi connectivity index (χ2v) is 7.39. The van der Waals surface area contributed by atoms with Crippen LogP contribution >= 0.6 is 0 Å². The van der Waals surface area contributed by atoms with Gasteiger partial charge in [-0.25, -0.2) is 0 Å². The van der Waals surface area contributed by atoms with Crippen LogP contribution in [-0.4, -0.2) is 13.0 Å². The van der Waals surface area contributed by atoms with Crippen molar-refractivity contribution in [2.24, 2.45) is 17.8 Å². The lowest BCUT2D eigenvalue weighted by Crippen LogP contribution is -2.38. The molecule has 2 aromatic carbocycles. The molecule has 25 heavy (non-hydrogen) atoms. The molecule has 0 aromatic heterocycles. The maximum atomic E-state index is 13.4.